The molecule has 2 fully saturated rings. The van der Waals surface area contributed by atoms with Crippen molar-refractivity contribution in [3.8, 4) is 5.75 Å². The van der Waals surface area contributed by atoms with Crippen LogP contribution in [0.1, 0.15) is 38.2 Å². The first kappa shape index (κ1) is 14.9. The fourth-order valence-electron chi connectivity index (χ4n) is 2.91. The van der Waals surface area contributed by atoms with Crippen LogP contribution < -0.4 is 10.1 Å². The van der Waals surface area contributed by atoms with Gasteiger partial charge >= 0.3 is 0 Å². The van der Waals surface area contributed by atoms with Crippen molar-refractivity contribution in [1.82, 2.24) is 5.32 Å². The van der Waals surface area contributed by atoms with Crippen LogP contribution >= 0.6 is 31.9 Å². The number of halogens is 2. The molecule has 0 amide bonds. The van der Waals surface area contributed by atoms with E-state index >= 15 is 0 Å². The third kappa shape index (κ3) is 3.58. The van der Waals surface area contributed by atoms with E-state index in [2.05, 4.69) is 43.2 Å². The summed E-state index contributed by atoms with van der Waals surface area (Å²) in [6.45, 7) is 3.62. The van der Waals surface area contributed by atoms with Crippen LogP contribution in [0.5, 0.6) is 5.75 Å². The van der Waals surface area contributed by atoms with Gasteiger partial charge in [-0.1, -0.05) is 15.9 Å². The third-order valence-corrected chi connectivity index (χ3v) is 5.21. The molecule has 0 aliphatic heterocycles. The average molecular weight is 403 g/mol. The maximum absolute atomic E-state index is 5.80. The minimum atomic E-state index is 0.696. The van der Waals surface area contributed by atoms with Crippen LogP contribution in [0.4, 0.5) is 0 Å². The molecule has 0 spiro atoms. The molecule has 0 heterocycles. The maximum Gasteiger partial charge on any atom is 0.138 e. The van der Waals surface area contributed by atoms with Crippen LogP contribution in [0.3, 0.4) is 0 Å². The molecule has 2 aliphatic carbocycles. The molecule has 0 unspecified atom stereocenters. The Hall–Kier alpha value is -0.0600. The predicted molar refractivity (Wildman–Crippen MR) is 89.1 cm³/mol. The van der Waals surface area contributed by atoms with Crippen molar-refractivity contribution >= 4 is 31.9 Å². The van der Waals surface area contributed by atoms with E-state index in [4.69, 9.17) is 4.74 Å². The Bertz CT molecular complexity index is 472. The molecule has 0 atom stereocenters. The molecule has 4 heteroatoms. The Morgan fingerprint density at radius 2 is 1.85 bits per heavy atom. The van der Waals surface area contributed by atoms with Crippen LogP contribution in [0.2, 0.25) is 0 Å². The van der Waals surface area contributed by atoms with Crippen molar-refractivity contribution in [2.45, 2.75) is 45.2 Å². The molecule has 3 rings (SSSR count). The topological polar surface area (TPSA) is 21.3 Å². The van der Waals surface area contributed by atoms with Gasteiger partial charge in [0.25, 0.3) is 0 Å². The van der Waals surface area contributed by atoms with Gasteiger partial charge in [0.15, 0.2) is 0 Å². The second-order valence-corrected chi connectivity index (χ2v) is 7.66. The summed E-state index contributed by atoms with van der Waals surface area (Å²) in [5, 5.41) is 3.79. The lowest BCUT2D eigenvalue weighted by atomic mass is 10.1. The lowest BCUT2D eigenvalue weighted by Crippen LogP contribution is -2.32. The minimum Gasteiger partial charge on any atom is -0.492 e. The summed E-state index contributed by atoms with van der Waals surface area (Å²) in [5.74, 6) is 2.83. The number of hydrogen-bond acceptors (Lipinski definition) is 2. The molecule has 1 aromatic rings. The second-order valence-electron chi connectivity index (χ2n) is 5.89. The zero-order chi connectivity index (χ0) is 14.1. The Morgan fingerprint density at radius 3 is 2.40 bits per heavy atom. The lowest BCUT2D eigenvalue weighted by molar-refractivity contribution is 0.330. The van der Waals surface area contributed by atoms with Gasteiger partial charge < -0.3 is 10.1 Å². The van der Waals surface area contributed by atoms with Crippen molar-refractivity contribution in [3.05, 3.63) is 26.6 Å². The molecule has 0 aromatic heterocycles. The van der Waals surface area contributed by atoms with E-state index in [9.17, 15) is 0 Å². The Labute approximate surface area is 137 Å². The van der Waals surface area contributed by atoms with Crippen LogP contribution in [0.15, 0.2) is 21.1 Å². The molecule has 2 saturated carbocycles. The molecule has 0 bridgehead atoms. The van der Waals surface area contributed by atoms with Crippen molar-refractivity contribution in [2.24, 2.45) is 11.8 Å². The summed E-state index contributed by atoms with van der Waals surface area (Å²) >= 11 is 7.18. The average Bonchev–Trinajstić information content (AvgIpc) is 3.26. The summed E-state index contributed by atoms with van der Waals surface area (Å²) in [6.07, 6.45) is 5.65. The molecule has 0 saturated heterocycles. The van der Waals surface area contributed by atoms with E-state index in [1.165, 1.54) is 31.2 Å². The molecular weight excluding hydrogens is 382 g/mol. The maximum atomic E-state index is 5.80. The molecule has 0 radical (unpaired) electrons. The zero-order valence-corrected chi connectivity index (χ0v) is 15.0. The summed E-state index contributed by atoms with van der Waals surface area (Å²) < 4.78 is 7.92. The van der Waals surface area contributed by atoms with Crippen LogP contribution in [0, 0.1) is 11.8 Å². The van der Waals surface area contributed by atoms with E-state index in [0.717, 1.165) is 39.1 Å². The summed E-state index contributed by atoms with van der Waals surface area (Å²) in [6, 6.07) is 4.94. The number of rotatable bonds is 7. The highest BCUT2D eigenvalue weighted by atomic mass is 79.9. The second kappa shape index (κ2) is 6.37. The van der Waals surface area contributed by atoms with E-state index in [0.29, 0.717) is 6.61 Å². The Balaban J connectivity index is 1.71. The molecule has 1 aromatic carbocycles. The Morgan fingerprint density at radius 1 is 1.20 bits per heavy atom. The van der Waals surface area contributed by atoms with Gasteiger partial charge in [-0.3, -0.25) is 0 Å². The lowest BCUT2D eigenvalue weighted by Gasteiger charge is -2.20. The van der Waals surface area contributed by atoms with E-state index in [-0.39, 0.29) is 0 Å². The first-order valence-corrected chi connectivity index (χ1v) is 9.11. The summed E-state index contributed by atoms with van der Waals surface area (Å²) in [4.78, 5) is 0. The first-order valence-electron chi connectivity index (χ1n) is 7.53. The molecule has 1 N–H and O–H groups in total. The first-order chi connectivity index (χ1) is 9.69. The van der Waals surface area contributed by atoms with Gasteiger partial charge in [-0.15, -0.1) is 0 Å². The normalized spacial score (nSPS) is 18.6. The fraction of sp³-hybridized carbons (Fsp3) is 0.625. The molecule has 2 aliphatic rings. The highest BCUT2D eigenvalue weighted by molar-refractivity contribution is 9.11. The zero-order valence-electron chi connectivity index (χ0n) is 11.8. The minimum absolute atomic E-state index is 0.696. The summed E-state index contributed by atoms with van der Waals surface area (Å²) in [5.41, 5.74) is 1.24. The van der Waals surface area contributed by atoms with E-state index in [1.807, 2.05) is 13.0 Å². The van der Waals surface area contributed by atoms with Crippen molar-refractivity contribution in [1.29, 1.82) is 0 Å². The van der Waals surface area contributed by atoms with Gasteiger partial charge in [0.1, 0.15) is 5.75 Å². The van der Waals surface area contributed by atoms with Gasteiger partial charge in [0.2, 0.25) is 0 Å². The van der Waals surface area contributed by atoms with Gasteiger partial charge in [-0.25, -0.2) is 0 Å². The van der Waals surface area contributed by atoms with Crippen LogP contribution in [-0.4, -0.2) is 12.6 Å². The smallest absolute Gasteiger partial charge is 0.138 e. The SMILES string of the molecule is CCOc1c(Br)cc(Br)cc1CNC(C1CC1)C1CC1. The predicted octanol–water partition coefficient (Wildman–Crippen LogP) is 4.89. The summed E-state index contributed by atoms with van der Waals surface area (Å²) in [7, 11) is 0. The highest BCUT2D eigenvalue weighted by Gasteiger charge is 2.41. The molecule has 2 nitrogen and oxygen atoms in total. The number of nitrogens with one attached hydrogen (secondary N) is 1. The standard InChI is InChI=1S/C16H21Br2NO/c1-2-20-16-12(7-13(17)8-14(16)18)9-19-15(10-3-4-10)11-5-6-11/h7-8,10-11,15,19H,2-6,9H2,1H3. The number of hydrogen-bond donors (Lipinski definition) is 1. The quantitative estimate of drug-likeness (QED) is 0.700. The van der Waals surface area contributed by atoms with Gasteiger partial charge in [-0.05, 0) is 72.5 Å². The largest absolute Gasteiger partial charge is 0.492 e. The van der Waals surface area contributed by atoms with Gasteiger partial charge in [0, 0.05) is 22.6 Å². The highest BCUT2D eigenvalue weighted by Crippen LogP contribution is 2.45. The van der Waals surface area contributed by atoms with Gasteiger partial charge in [0.05, 0.1) is 11.1 Å². The number of ether oxygens (including phenoxy) is 1. The van der Waals surface area contributed by atoms with E-state index < -0.39 is 0 Å². The van der Waals surface area contributed by atoms with Crippen LogP contribution in [0.25, 0.3) is 0 Å². The fourth-order valence-corrected chi connectivity index (χ4v) is 4.34. The molecule has 20 heavy (non-hydrogen) atoms. The molecular formula is C16H21Br2NO. The number of benzene rings is 1. The van der Waals surface area contributed by atoms with E-state index in [1.54, 1.807) is 0 Å². The van der Waals surface area contributed by atoms with Crippen molar-refractivity contribution in [3.63, 3.8) is 0 Å². The molecule has 110 valence electrons. The monoisotopic (exact) mass is 401 g/mol. The van der Waals surface area contributed by atoms with Crippen molar-refractivity contribution < 1.29 is 4.74 Å². The van der Waals surface area contributed by atoms with Crippen LogP contribution in [-0.2, 0) is 6.54 Å². The van der Waals surface area contributed by atoms with Crippen molar-refractivity contribution in [2.75, 3.05) is 6.61 Å². The van der Waals surface area contributed by atoms with Gasteiger partial charge in [-0.2, -0.15) is 0 Å². The Kier molecular flexibility index (Phi) is 4.73. The third-order valence-electron chi connectivity index (χ3n) is 4.16.